The fourth-order valence-electron chi connectivity index (χ4n) is 4.02. The summed E-state index contributed by atoms with van der Waals surface area (Å²) in [5.41, 5.74) is 0.189. The summed E-state index contributed by atoms with van der Waals surface area (Å²) >= 11 is 0. The molecule has 2 aliphatic rings. The third-order valence-corrected chi connectivity index (χ3v) is 5.74. The van der Waals surface area contributed by atoms with Crippen molar-refractivity contribution in [1.29, 1.82) is 0 Å². The number of benzene rings is 1. The number of hydrogen-bond acceptors (Lipinski definition) is 2. The normalized spacial score (nSPS) is 19.7. The van der Waals surface area contributed by atoms with Crippen LogP contribution in [0.3, 0.4) is 0 Å². The standard InChI is InChI=1S/C22H31FN2O2/c1-15(18-7-5-6-8-19(18)23)25(17-9-10-17)20(26)16-11-13-24(14-12-16)21(27)22(2,3)4/h5-8,15-17H,9-14H2,1-4H3. The number of nitrogens with zero attached hydrogens (tertiary/aromatic N) is 2. The Bertz CT molecular complexity index is 701. The van der Waals surface area contributed by atoms with E-state index < -0.39 is 5.41 Å². The Morgan fingerprint density at radius 2 is 1.70 bits per heavy atom. The molecule has 0 aromatic heterocycles. The molecule has 1 unspecified atom stereocenters. The molecule has 1 aromatic carbocycles. The minimum atomic E-state index is -0.393. The van der Waals surface area contributed by atoms with E-state index in [-0.39, 0.29) is 35.6 Å². The van der Waals surface area contributed by atoms with E-state index in [1.54, 1.807) is 12.1 Å². The number of hydrogen-bond donors (Lipinski definition) is 0. The van der Waals surface area contributed by atoms with E-state index in [9.17, 15) is 14.0 Å². The van der Waals surface area contributed by atoms with E-state index in [0.29, 0.717) is 31.5 Å². The van der Waals surface area contributed by atoms with Crippen LogP contribution >= 0.6 is 0 Å². The second kappa shape index (κ2) is 7.61. The van der Waals surface area contributed by atoms with Gasteiger partial charge in [0.15, 0.2) is 0 Å². The molecule has 1 atom stereocenters. The van der Waals surface area contributed by atoms with E-state index in [1.165, 1.54) is 6.07 Å². The van der Waals surface area contributed by atoms with Crippen molar-refractivity contribution in [3.8, 4) is 0 Å². The summed E-state index contributed by atoms with van der Waals surface area (Å²) in [6.45, 7) is 8.96. The Labute approximate surface area is 161 Å². The summed E-state index contributed by atoms with van der Waals surface area (Å²) in [7, 11) is 0. The van der Waals surface area contributed by atoms with Gasteiger partial charge in [-0.1, -0.05) is 39.0 Å². The van der Waals surface area contributed by atoms with Gasteiger partial charge in [0.1, 0.15) is 5.82 Å². The number of rotatable bonds is 4. The molecule has 4 nitrogen and oxygen atoms in total. The third kappa shape index (κ3) is 4.33. The lowest BCUT2D eigenvalue weighted by atomic mass is 9.90. The highest BCUT2D eigenvalue weighted by atomic mass is 19.1. The van der Waals surface area contributed by atoms with Gasteiger partial charge in [-0.15, -0.1) is 0 Å². The van der Waals surface area contributed by atoms with Crippen molar-refractivity contribution in [3.63, 3.8) is 0 Å². The first kappa shape index (κ1) is 19.8. The molecule has 5 heteroatoms. The van der Waals surface area contributed by atoms with E-state index in [0.717, 1.165) is 12.8 Å². The van der Waals surface area contributed by atoms with Gasteiger partial charge in [0.2, 0.25) is 11.8 Å². The van der Waals surface area contributed by atoms with Gasteiger partial charge < -0.3 is 9.80 Å². The molecule has 1 heterocycles. The van der Waals surface area contributed by atoms with Crippen LogP contribution in [0.5, 0.6) is 0 Å². The van der Waals surface area contributed by atoms with Crippen LogP contribution in [0.2, 0.25) is 0 Å². The molecule has 27 heavy (non-hydrogen) atoms. The SMILES string of the molecule is CC(c1ccccc1F)N(C(=O)C1CCN(C(=O)C(C)(C)C)CC1)C1CC1. The summed E-state index contributed by atoms with van der Waals surface area (Å²) in [6.07, 6.45) is 3.36. The van der Waals surface area contributed by atoms with Crippen LogP contribution in [0, 0.1) is 17.2 Å². The van der Waals surface area contributed by atoms with Crippen LogP contribution in [0.4, 0.5) is 4.39 Å². The second-order valence-corrected chi connectivity index (χ2v) is 8.99. The molecule has 0 bridgehead atoms. The zero-order chi connectivity index (χ0) is 19.8. The highest BCUT2D eigenvalue weighted by Gasteiger charge is 2.41. The predicted molar refractivity (Wildman–Crippen MR) is 103 cm³/mol. The summed E-state index contributed by atoms with van der Waals surface area (Å²) in [6, 6.07) is 6.69. The van der Waals surface area contributed by atoms with E-state index in [2.05, 4.69) is 0 Å². The van der Waals surface area contributed by atoms with E-state index in [4.69, 9.17) is 0 Å². The Morgan fingerprint density at radius 3 is 2.22 bits per heavy atom. The maximum absolute atomic E-state index is 14.3. The number of carbonyl (C=O) groups is 2. The van der Waals surface area contributed by atoms with Gasteiger partial charge in [-0.05, 0) is 38.7 Å². The molecule has 1 aliphatic heterocycles. The van der Waals surface area contributed by atoms with Crippen molar-refractivity contribution in [2.75, 3.05) is 13.1 Å². The minimum absolute atomic E-state index is 0.0798. The van der Waals surface area contributed by atoms with Crippen molar-refractivity contribution in [2.45, 2.75) is 65.5 Å². The quantitative estimate of drug-likeness (QED) is 0.794. The van der Waals surface area contributed by atoms with Gasteiger partial charge >= 0.3 is 0 Å². The summed E-state index contributed by atoms with van der Waals surface area (Å²) in [5.74, 6) is -0.0684. The molecule has 1 saturated heterocycles. The molecular weight excluding hydrogens is 343 g/mol. The van der Waals surface area contributed by atoms with Crippen LogP contribution in [0.25, 0.3) is 0 Å². The molecule has 0 spiro atoms. The number of piperidine rings is 1. The smallest absolute Gasteiger partial charge is 0.227 e. The largest absolute Gasteiger partial charge is 0.342 e. The monoisotopic (exact) mass is 374 g/mol. The molecule has 2 fully saturated rings. The van der Waals surface area contributed by atoms with Gasteiger partial charge in [-0.25, -0.2) is 4.39 Å². The first-order chi connectivity index (χ1) is 12.7. The average molecular weight is 375 g/mol. The fourth-order valence-corrected chi connectivity index (χ4v) is 4.02. The highest BCUT2D eigenvalue weighted by molar-refractivity contribution is 5.83. The van der Waals surface area contributed by atoms with Gasteiger partial charge in [-0.2, -0.15) is 0 Å². The number of likely N-dealkylation sites (tertiary alicyclic amines) is 1. The van der Waals surface area contributed by atoms with Crippen LogP contribution in [0.15, 0.2) is 24.3 Å². The zero-order valence-corrected chi connectivity index (χ0v) is 16.9. The lowest BCUT2D eigenvalue weighted by Gasteiger charge is -2.38. The Kier molecular flexibility index (Phi) is 5.59. The van der Waals surface area contributed by atoms with Crippen molar-refractivity contribution in [1.82, 2.24) is 9.80 Å². The minimum Gasteiger partial charge on any atom is -0.342 e. The number of carbonyl (C=O) groups excluding carboxylic acids is 2. The third-order valence-electron chi connectivity index (χ3n) is 5.74. The molecule has 1 aromatic rings. The molecule has 148 valence electrons. The molecule has 1 aliphatic carbocycles. The maximum atomic E-state index is 14.3. The Balaban J connectivity index is 1.69. The first-order valence-electron chi connectivity index (χ1n) is 10.1. The van der Waals surface area contributed by atoms with Gasteiger partial charge in [0, 0.05) is 36.0 Å². The first-order valence-corrected chi connectivity index (χ1v) is 10.1. The topological polar surface area (TPSA) is 40.6 Å². The van der Waals surface area contributed by atoms with Gasteiger partial charge in [-0.3, -0.25) is 9.59 Å². The number of amides is 2. The highest BCUT2D eigenvalue weighted by Crippen LogP contribution is 2.37. The molecule has 0 radical (unpaired) electrons. The van der Waals surface area contributed by atoms with Crippen molar-refractivity contribution < 1.29 is 14.0 Å². The summed E-state index contributed by atoms with van der Waals surface area (Å²) in [4.78, 5) is 29.5. The van der Waals surface area contributed by atoms with Crippen molar-refractivity contribution >= 4 is 11.8 Å². The second-order valence-electron chi connectivity index (χ2n) is 8.99. The predicted octanol–water partition coefficient (Wildman–Crippen LogP) is 4.16. The lowest BCUT2D eigenvalue weighted by Crippen LogP contribution is -2.48. The van der Waals surface area contributed by atoms with E-state index >= 15 is 0 Å². The maximum Gasteiger partial charge on any atom is 0.227 e. The van der Waals surface area contributed by atoms with Crippen LogP contribution in [-0.2, 0) is 9.59 Å². The lowest BCUT2D eigenvalue weighted by molar-refractivity contribution is -0.146. The van der Waals surface area contributed by atoms with Crippen molar-refractivity contribution in [3.05, 3.63) is 35.6 Å². The van der Waals surface area contributed by atoms with E-state index in [1.807, 2.05) is 43.6 Å². The fraction of sp³-hybridized carbons (Fsp3) is 0.636. The van der Waals surface area contributed by atoms with Crippen molar-refractivity contribution in [2.24, 2.45) is 11.3 Å². The zero-order valence-electron chi connectivity index (χ0n) is 16.9. The Morgan fingerprint density at radius 1 is 1.11 bits per heavy atom. The Hall–Kier alpha value is -1.91. The van der Waals surface area contributed by atoms with Crippen LogP contribution in [-0.4, -0.2) is 40.7 Å². The van der Waals surface area contributed by atoms with Crippen LogP contribution in [0.1, 0.15) is 65.0 Å². The molecular formula is C22H31FN2O2. The molecule has 0 N–H and O–H groups in total. The molecule has 3 rings (SSSR count). The molecule has 2 amide bonds. The molecule has 1 saturated carbocycles. The summed E-state index contributed by atoms with van der Waals surface area (Å²) in [5, 5.41) is 0. The van der Waals surface area contributed by atoms with Gasteiger partial charge in [0.05, 0.1) is 6.04 Å². The number of halogens is 1. The van der Waals surface area contributed by atoms with Gasteiger partial charge in [0.25, 0.3) is 0 Å². The summed E-state index contributed by atoms with van der Waals surface area (Å²) < 4.78 is 14.3. The average Bonchev–Trinajstić information content (AvgIpc) is 3.45. The van der Waals surface area contributed by atoms with Crippen LogP contribution < -0.4 is 0 Å².